The minimum absolute atomic E-state index is 0.0843. The summed E-state index contributed by atoms with van der Waals surface area (Å²) in [4.78, 5) is 51.0. The number of rotatable bonds is 9. The molecule has 166 valence electrons. The lowest BCUT2D eigenvalue weighted by molar-refractivity contribution is -0.150. The molecule has 0 radical (unpaired) electrons. The van der Waals surface area contributed by atoms with E-state index in [-0.39, 0.29) is 17.8 Å². The molecule has 1 heterocycles. The van der Waals surface area contributed by atoms with Crippen molar-refractivity contribution in [1.82, 2.24) is 15.5 Å². The summed E-state index contributed by atoms with van der Waals surface area (Å²) in [6.45, 7) is 11.1. The number of nitrogens with two attached hydrogens (primary N) is 1. The summed E-state index contributed by atoms with van der Waals surface area (Å²) in [7, 11) is 0. The van der Waals surface area contributed by atoms with E-state index in [0.29, 0.717) is 19.4 Å². The molecular formula is C20H36N4O5. The van der Waals surface area contributed by atoms with Crippen molar-refractivity contribution >= 4 is 23.7 Å². The van der Waals surface area contributed by atoms with Gasteiger partial charge in [-0.15, -0.1) is 0 Å². The van der Waals surface area contributed by atoms with Crippen LogP contribution >= 0.6 is 0 Å². The minimum Gasteiger partial charge on any atom is -0.480 e. The fourth-order valence-corrected chi connectivity index (χ4v) is 3.31. The van der Waals surface area contributed by atoms with Crippen molar-refractivity contribution in [2.45, 2.75) is 78.6 Å². The first-order valence-electron chi connectivity index (χ1n) is 10.3. The van der Waals surface area contributed by atoms with Gasteiger partial charge in [0, 0.05) is 6.54 Å². The van der Waals surface area contributed by atoms with Gasteiger partial charge in [-0.2, -0.15) is 0 Å². The zero-order valence-electron chi connectivity index (χ0n) is 18.3. The summed E-state index contributed by atoms with van der Waals surface area (Å²) in [6, 6.07) is -3.34. The lowest BCUT2D eigenvalue weighted by Crippen LogP contribution is -2.60. The first-order chi connectivity index (χ1) is 13.4. The molecule has 4 atom stereocenters. The molecule has 1 fully saturated rings. The number of hydrogen-bond donors (Lipinski definition) is 4. The lowest BCUT2D eigenvalue weighted by atomic mass is 9.98. The van der Waals surface area contributed by atoms with Crippen LogP contribution in [0.3, 0.4) is 0 Å². The van der Waals surface area contributed by atoms with Crippen LogP contribution in [0.2, 0.25) is 0 Å². The van der Waals surface area contributed by atoms with Crippen molar-refractivity contribution in [3.63, 3.8) is 0 Å². The number of likely N-dealkylation sites (tertiary alicyclic amines) is 1. The molecule has 1 aliphatic heterocycles. The van der Waals surface area contributed by atoms with E-state index >= 15 is 0 Å². The van der Waals surface area contributed by atoms with E-state index in [1.807, 2.05) is 13.8 Å². The van der Waals surface area contributed by atoms with Crippen LogP contribution in [0.4, 0.5) is 0 Å². The Morgan fingerprint density at radius 1 is 0.897 bits per heavy atom. The van der Waals surface area contributed by atoms with Crippen LogP contribution in [0, 0.1) is 17.8 Å². The van der Waals surface area contributed by atoms with Crippen molar-refractivity contribution in [3.8, 4) is 0 Å². The maximum Gasteiger partial charge on any atom is 0.326 e. The van der Waals surface area contributed by atoms with Crippen LogP contribution in [0.1, 0.15) is 54.4 Å². The van der Waals surface area contributed by atoms with Gasteiger partial charge in [-0.25, -0.2) is 4.79 Å². The summed E-state index contributed by atoms with van der Waals surface area (Å²) in [5.41, 5.74) is 5.87. The van der Waals surface area contributed by atoms with Crippen LogP contribution in [-0.4, -0.2) is 64.4 Å². The highest BCUT2D eigenvalue weighted by Crippen LogP contribution is 2.20. The molecule has 0 aromatic heterocycles. The second-order valence-electron chi connectivity index (χ2n) is 8.76. The number of amides is 3. The quantitative estimate of drug-likeness (QED) is 0.430. The summed E-state index contributed by atoms with van der Waals surface area (Å²) in [5, 5.41) is 14.8. The number of carboxylic acid groups (broad SMARTS) is 1. The Kier molecular flexibility index (Phi) is 9.07. The van der Waals surface area contributed by atoms with Gasteiger partial charge in [0.1, 0.15) is 18.1 Å². The number of hydrogen-bond acceptors (Lipinski definition) is 5. The molecule has 1 saturated heterocycles. The molecule has 0 aromatic carbocycles. The predicted molar refractivity (Wildman–Crippen MR) is 109 cm³/mol. The van der Waals surface area contributed by atoms with Crippen molar-refractivity contribution in [1.29, 1.82) is 0 Å². The predicted octanol–water partition coefficient (Wildman–Crippen LogP) is 0.327. The van der Waals surface area contributed by atoms with Gasteiger partial charge in [0.2, 0.25) is 17.7 Å². The third kappa shape index (κ3) is 6.42. The number of aliphatic carboxylic acids is 1. The van der Waals surface area contributed by atoms with Crippen LogP contribution < -0.4 is 16.4 Å². The Bertz CT molecular complexity index is 620. The largest absolute Gasteiger partial charge is 0.480 e. The van der Waals surface area contributed by atoms with Crippen molar-refractivity contribution < 1.29 is 24.3 Å². The van der Waals surface area contributed by atoms with Gasteiger partial charge in [0.05, 0.1) is 6.04 Å². The third-order valence-electron chi connectivity index (χ3n) is 5.32. The average Bonchev–Trinajstić information content (AvgIpc) is 3.11. The Morgan fingerprint density at radius 2 is 1.41 bits per heavy atom. The number of nitrogens with one attached hydrogen (secondary N) is 2. The molecular weight excluding hydrogens is 376 g/mol. The molecule has 0 bridgehead atoms. The Balaban J connectivity index is 2.95. The summed E-state index contributed by atoms with van der Waals surface area (Å²) >= 11 is 0. The van der Waals surface area contributed by atoms with Gasteiger partial charge in [0.15, 0.2) is 0 Å². The maximum atomic E-state index is 13.0. The number of carbonyl (C=O) groups excluding carboxylic acids is 3. The number of carboxylic acids is 1. The van der Waals surface area contributed by atoms with Gasteiger partial charge in [-0.1, -0.05) is 41.5 Å². The Hall–Kier alpha value is -2.16. The smallest absolute Gasteiger partial charge is 0.326 e. The Morgan fingerprint density at radius 3 is 1.86 bits per heavy atom. The molecule has 0 aromatic rings. The van der Waals surface area contributed by atoms with Gasteiger partial charge >= 0.3 is 5.97 Å². The fraction of sp³-hybridized carbons (Fsp3) is 0.800. The topological polar surface area (TPSA) is 142 Å². The summed E-state index contributed by atoms with van der Waals surface area (Å²) in [5.74, 6) is -2.92. The third-order valence-corrected chi connectivity index (χ3v) is 5.32. The van der Waals surface area contributed by atoms with Crippen molar-refractivity contribution in [2.24, 2.45) is 23.5 Å². The highest BCUT2D eigenvalue weighted by molar-refractivity contribution is 5.94. The van der Waals surface area contributed by atoms with Crippen LogP contribution in [0.25, 0.3) is 0 Å². The molecule has 1 rings (SSSR count). The monoisotopic (exact) mass is 412 g/mol. The molecule has 3 amide bonds. The molecule has 0 spiro atoms. The zero-order valence-corrected chi connectivity index (χ0v) is 18.3. The first kappa shape index (κ1) is 24.9. The Labute approximate surface area is 172 Å². The van der Waals surface area contributed by atoms with Crippen molar-refractivity contribution in [3.05, 3.63) is 0 Å². The van der Waals surface area contributed by atoms with Gasteiger partial charge in [-0.05, 0) is 30.6 Å². The van der Waals surface area contributed by atoms with E-state index in [0.717, 1.165) is 0 Å². The molecule has 1 aliphatic rings. The molecule has 9 heteroatoms. The fourth-order valence-electron chi connectivity index (χ4n) is 3.31. The highest BCUT2D eigenvalue weighted by atomic mass is 16.4. The molecule has 0 saturated carbocycles. The zero-order chi connectivity index (χ0) is 22.5. The van der Waals surface area contributed by atoms with Gasteiger partial charge < -0.3 is 26.4 Å². The van der Waals surface area contributed by atoms with Gasteiger partial charge in [-0.3, -0.25) is 14.4 Å². The van der Waals surface area contributed by atoms with E-state index in [1.54, 1.807) is 27.7 Å². The molecule has 5 N–H and O–H groups in total. The van der Waals surface area contributed by atoms with Crippen molar-refractivity contribution in [2.75, 3.05) is 6.54 Å². The SMILES string of the molecule is CC(C)C(N)C(=O)NC(C(=O)NC(C(=O)N1CCCC1C(=O)O)C(C)C)C(C)C. The summed E-state index contributed by atoms with van der Waals surface area (Å²) in [6.07, 6.45) is 1.01. The second-order valence-corrected chi connectivity index (χ2v) is 8.76. The summed E-state index contributed by atoms with van der Waals surface area (Å²) < 4.78 is 0. The first-order valence-corrected chi connectivity index (χ1v) is 10.3. The number of nitrogens with zero attached hydrogens (tertiary/aromatic N) is 1. The average molecular weight is 413 g/mol. The highest BCUT2D eigenvalue weighted by Gasteiger charge is 2.39. The van der Waals surface area contributed by atoms with E-state index < -0.39 is 47.9 Å². The molecule has 4 unspecified atom stereocenters. The van der Waals surface area contributed by atoms with E-state index in [2.05, 4.69) is 10.6 Å². The molecule has 9 nitrogen and oxygen atoms in total. The standard InChI is InChI=1S/C20H36N4O5/c1-10(2)14(21)17(25)22-15(11(3)4)18(26)23-16(12(5)6)19(27)24-9-7-8-13(24)20(28)29/h10-16H,7-9,21H2,1-6H3,(H,22,25)(H,23,26)(H,28,29). The van der Waals surface area contributed by atoms with E-state index in [9.17, 15) is 24.3 Å². The second kappa shape index (κ2) is 10.6. The van der Waals surface area contributed by atoms with Crippen LogP contribution in [-0.2, 0) is 19.2 Å². The minimum atomic E-state index is -1.04. The van der Waals surface area contributed by atoms with Gasteiger partial charge in [0.25, 0.3) is 0 Å². The molecule has 0 aliphatic carbocycles. The lowest BCUT2D eigenvalue weighted by Gasteiger charge is -2.31. The van der Waals surface area contributed by atoms with Crippen LogP contribution in [0.5, 0.6) is 0 Å². The normalized spacial score (nSPS) is 19.9. The van der Waals surface area contributed by atoms with E-state index in [1.165, 1.54) is 4.90 Å². The number of carbonyl (C=O) groups is 4. The maximum absolute atomic E-state index is 13.0. The van der Waals surface area contributed by atoms with E-state index in [4.69, 9.17) is 5.73 Å². The molecule has 29 heavy (non-hydrogen) atoms. The van der Waals surface area contributed by atoms with Crippen LogP contribution in [0.15, 0.2) is 0 Å².